The molecule has 0 radical (unpaired) electrons. The van der Waals surface area contributed by atoms with Gasteiger partial charge in [-0.2, -0.15) is 0 Å². The summed E-state index contributed by atoms with van der Waals surface area (Å²) in [6.45, 7) is 4.07. The normalized spacial score (nSPS) is 12.2. The van der Waals surface area contributed by atoms with Crippen LogP contribution in [0.4, 0.5) is 0 Å². The van der Waals surface area contributed by atoms with Crippen molar-refractivity contribution >= 4 is 33.4 Å². The predicted octanol–water partition coefficient (Wildman–Crippen LogP) is 3.75. The van der Waals surface area contributed by atoms with Crippen molar-refractivity contribution in [3.05, 3.63) is 72.4 Å². The third kappa shape index (κ3) is 4.28. The molecular formula is C22H22N4O3S. The number of carbonyl (C=O) groups excluding carboxylic acids is 2. The molecule has 0 fully saturated rings. The molecule has 0 bridgehead atoms. The minimum Gasteiger partial charge on any atom is -0.467 e. The van der Waals surface area contributed by atoms with Gasteiger partial charge in [0.1, 0.15) is 11.8 Å². The molecule has 1 unspecified atom stereocenters. The van der Waals surface area contributed by atoms with Crippen molar-refractivity contribution in [2.75, 3.05) is 0 Å². The second-order valence-corrected chi connectivity index (χ2v) is 8.27. The van der Waals surface area contributed by atoms with Crippen LogP contribution in [0, 0.1) is 5.92 Å². The Morgan fingerprint density at radius 1 is 1.17 bits per heavy atom. The van der Waals surface area contributed by atoms with Crippen LogP contribution in [-0.4, -0.2) is 27.4 Å². The molecule has 0 saturated carbocycles. The lowest BCUT2D eigenvalue weighted by atomic mass is 10.0. The Hall–Kier alpha value is -3.39. The van der Waals surface area contributed by atoms with Gasteiger partial charge in [-0.25, -0.2) is 4.98 Å². The standard InChI is InChI=1S/C22H22N4O3S/c1-14(2)19(21(28)23-13-16-6-5-11-29-16)25-20(27)15-7-8-17-18(12-15)30-22(24-17)26-9-3-4-10-26/h3-12,14,19H,13H2,1-2H3,(H,23,28)(H,25,27). The highest BCUT2D eigenvalue weighted by Gasteiger charge is 2.25. The first-order valence-corrected chi connectivity index (χ1v) is 10.5. The van der Waals surface area contributed by atoms with Gasteiger partial charge in [0, 0.05) is 18.0 Å². The van der Waals surface area contributed by atoms with Gasteiger partial charge < -0.3 is 19.6 Å². The van der Waals surface area contributed by atoms with Crippen molar-refractivity contribution in [3.63, 3.8) is 0 Å². The van der Waals surface area contributed by atoms with Crippen LogP contribution in [0.1, 0.15) is 30.0 Å². The quantitative estimate of drug-likeness (QED) is 0.475. The van der Waals surface area contributed by atoms with Crippen molar-refractivity contribution in [1.82, 2.24) is 20.2 Å². The van der Waals surface area contributed by atoms with Crippen molar-refractivity contribution in [2.45, 2.75) is 26.4 Å². The summed E-state index contributed by atoms with van der Waals surface area (Å²) < 4.78 is 8.08. The largest absolute Gasteiger partial charge is 0.467 e. The van der Waals surface area contributed by atoms with Crippen molar-refractivity contribution in [2.24, 2.45) is 5.92 Å². The zero-order chi connectivity index (χ0) is 21.1. The number of amides is 2. The van der Waals surface area contributed by atoms with E-state index in [0.717, 1.165) is 15.3 Å². The number of nitrogens with zero attached hydrogens (tertiary/aromatic N) is 2. The smallest absolute Gasteiger partial charge is 0.251 e. The van der Waals surface area contributed by atoms with E-state index in [1.54, 1.807) is 24.5 Å². The van der Waals surface area contributed by atoms with Crippen molar-refractivity contribution in [3.8, 4) is 5.13 Å². The highest BCUT2D eigenvalue weighted by atomic mass is 32.1. The van der Waals surface area contributed by atoms with Gasteiger partial charge >= 0.3 is 0 Å². The van der Waals surface area contributed by atoms with Gasteiger partial charge in [0.05, 0.1) is 23.0 Å². The number of hydrogen-bond acceptors (Lipinski definition) is 5. The molecule has 3 heterocycles. The maximum absolute atomic E-state index is 12.8. The number of aromatic nitrogens is 2. The highest BCUT2D eigenvalue weighted by Crippen LogP contribution is 2.26. The second kappa shape index (κ2) is 8.54. The lowest BCUT2D eigenvalue weighted by Crippen LogP contribution is -2.49. The number of hydrogen-bond donors (Lipinski definition) is 2. The van der Waals surface area contributed by atoms with Crippen LogP contribution in [0.5, 0.6) is 0 Å². The van der Waals surface area contributed by atoms with Crippen molar-refractivity contribution < 1.29 is 14.0 Å². The lowest BCUT2D eigenvalue weighted by molar-refractivity contribution is -0.124. The molecule has 0 aliphatic rings. The molecule has 0 spiro atoms. The zero-order valence-electron chi connectivity index (χ0n) is 16.7. The van der Waals surface area contributed by atoms with Crippen LogP contribution in [0.3, 0.4) is 0 Å². The summed E-state index contributed by atoms with van der Waals surface area (Å²) in [6.07, 6.45) is 5.42. The fourth-order valence-electron chi connectivity index (χ4n) is 3.08. The molecule has 1 aromatic carbocycles. The van der Waals surface area contributed by atoms with E-state index in [0.29, 0.717) is 11.3 Å². The van der Waals surface area contributed by atoms with E-state index in [2.05, 4.69) is 15.6 Å². The second-order valence-electron chi connectivity index (χ2n) is 7.26. The molecule has 2 N–H and O–H groups in total. The Balaban J connectivity index is 1.47. The van der Waals surface area contributed by atoms with Gasteiger partial charge in [0.25, 0.3) is 5.91 Å². The highest BCUT2D eigenvalue weighted by molar-refractivity contribution is 7.20. The van der Waals surface area contributed by atoms with Crippen LogP contribution >= 0.6 is 11.3 Å². The summed E-state index contributed by atoms with van der Waals surface area (Å²) in [5, 5.41) is 6.51. The molecule has 4 aromatic rings. The van der Waals surface area contributed by atoms with Gasteiger partial charge in [0.2, 0.25) is 5.91 Å². The average molecular weight is 423 g/mol. The van der Waals surface area contributed by atoms with E-state index >= 15 is 0 Å². The Morgan fingerprint density at radius 3 is 2.67 bits per heavy atom. The van der Waals surface area contributed by atoms with Crippen molar-refractivity contribution in [1.29, 1.82) is 0 Å². The number of carbonyl (C=O) groups is 2. The maximum Gasteiger partial charge on any atom is 0.251 e. The molecule has 7 nitrogen and oxygen atoms in total. The van der Waals surface area contributed by atoms with Gasteiger partial charge in [-0.1, -0.05) is 25.2 Å². The van der Waals surface area contributed by atoms with Gasteiger partial charge in [-0.05, 0) is 48.4 Å². The number of rotatable bonds is 7. The summed E-state index contributed by atoms with van der Waals surface area (Å²) in [6, 6.07) is 12.1. The van der Waals surface area contributed by atoms with Crippen LogP contribution in [-0.2, 0) is 11.3 Å². The Kier molecular flexibility index (Phi) is 5.67. The van der Waals surface area contributed by atoms with Crippen LogP contribution < -0.4 is 10.6 Å². The van der Waals surface area contributed by atoms with E-state index in [9.17, 15) is 9.59 Å². The van der Waals surface area contributed by atoms with Gasteiger partial charge in [-0.3, -0.25) is 9.59 Å². The first-order valence-electron chi connectivity index (χ1n) is 9.66. The Bertz CT molecular complexity index is 1150. The topological polar surface area (TPSA) is 89.2 Å². The fourth-order valence-corrected chi connectivity index (χ4v) is 4.06. The minimum atomic E-state index is -0.653. The molecule has 0 saturated heterocycles. The summed E-state index contributed by atoms with van der Waals surface area (Å²) in [7, 11) is 0. The molecule has 0 aliphatic heterocycles. The SMILES string of the molecule is CC(C)C(NC(=O)c1ccc2nc(-n3cccc3)sc2c1)C(=O)NCc1ccco1. The molecule has 4 rings (SSSR count). The van der Waals surface area contributed by atoms with E-state index in [1.165, 1.54) is 11.3 Å². The first-order chi connectivity index (χ1) is 14.5. The molecule has 3 aromatic heterocycles. The summed E-state index contributed by atoms with van der Waals surface area (Å²) in [5.74, 6) is 0.0486. The number of benzene rings is 1. The molecule has 2 amide bonds. The van der Waals surface area contributed by atoms with E-state index in [-0.39, 0.29) is 24.3 Å². The monoisotopic (exact) mass is 422 g/mol. The molecule has 0 aliphatic carbocycles. The maximum atomic E-state index is 12.8. The molecule has 1 atom stereocenters. The number of fused-ring (bicyclic) bond motifs is 1. The molecular weight excluding hydrogens is 400 g/mol. The predicted molar refractivity (Wildman–Crippen MR) is 116 cm³/mol. The first kappa shape index (κ1) is 19.9. The summed E-state index contributed by atoms with van der Waals surface area (Å²) in [4.78, 5) is 30.1. The van der Waals surface area contributed by atoms with Crippen LogP contribution in [0.2, 0.25) is 0 Å². The summed E-state index contributed by atoms with van der Waals surface area (Å²) in [5.41, 5.74) is 1.33. The lowest BCUT2D eigenvalue weighted by Gasteiger charge is -2.21. The van der Waals surface area contributed by atoms with Gasteiger partial charge in [-0.15, -0.1) is 0 Å². The van der Waals surface area contributed by atoms with E-state index in [1.807, 2.05) is 55.1 Å². The fraction of sp³-hybridized carbons (Fsp3) is 0.227. The average Bonchev–Trinajstić information content (AvgIpc) is 3.49. The number of furan rings is 1. The minimum absolute atomic E-state index is 0.0713. The Labute approximate surface area is 177 Å². The van der Waals surface area contributed by atoms with Crippen LogP contribution in [0.15, 0.2) is 65.5 Å². The molecule has 154 valence electrons. The van der Waals surface area contributed by atoms with Crippen LogP contribution in [0.25, 0.3) is 15.3 Å². The number of nitrogens with one attached hydrogen (secondary N) is 2. The third-order valence-corrected chi connectivity index (χ3v) is 5.75. The zero-order valence-corrected chi connectivity index (χ0v) is 17.5. The molecule has 8 heteroatoms. The van der Waals surface area contributed by atoms with Gasteiger partial charge in [0.15, 0.2) is 5.13 Å². The third-order valence-electron chi connectivity index (χ3n) is 4.72. The Morgan fingerprint density at radius 2 is 1.97 bits per heavy atom. The van der Waals surface area contributed by atoms with E-state index in [4.69, 9.17) is 4.42 Å². The summed E-state index contributed by atoms with van der Waals surface area (Å²) >= 11 is 1.51. The van der Waals surface area contributed by atoms with E-state index < -0.39 is 6.04 Å². The molecule has 30 heavy (non-hydrogen) atoms. The number of thiazole rings is 1.